The molecular formula is C15H22N2O6. The van der Waals surface area contributed by atoms with Crippen molar-refractivity contribution < 1.29 is 19.4 Å². The molecule has 0 amide bonds. The van der Waals surface area contributed by atoms with Gasteiger partial charge in [0.2, 0.25) is 0 Å². The zero-order chi connectivity index (χ0) is 17.2. The quantitative estimate of drug-likeness (QED) is 0.434. The van der Waals surface area contributed by atoms with Gasteiger partial charge in [-0.3, -0.25) is 19.1 Å². The maximum absolute atomic E-state index is 11.8. The number of nitrogens with one attached hydrogen (secondary N) is 1. The number of hydrogen-bond donors (Lipinski definition) is 2. The van der Waals surface area contributed by atoms with Crippen LogP contribution in [0.3, 0.4) is 0 Å². The number of rotatable bonds is 11. The third-order valence-corrected chi connectivity index (χ3v) is 3.38. The molecule has 0 aromatic carbocycles. The number of aliphatic hydroxyl groups excluding tert-OH is 1. The van der Waals surface area contributed by atoms with Crippen molar-refractivity contribution in [1.29, 1.82) is 0 Å². The smallest absolute Gasteiger partial charge is 0.330 e. The number of H-pyrrole nitrogens is 1. The highest BCUT2D eigenvalue weighted by Crippen LogP contribution is 2.08. The van der Waals surface area contributed by atoms with Crippen LogP contribution >= 0.6 is 0 Å². The number of carbonyl (C=O) groups excluding carboxylic acids is 2. The van der Waals surface area contributed by atoms with Crippen molar-refractivity contribution in [3.63, 3.8) is 0 Å². The van der Waals surface area contributed by atoms with E-state index in [0.29, 0.717) is 24.6 Å². The van der Waals surface area contributed by atoms with Gasteiger partial charge in [-0.25, -0.2) is 4.79 Å². The van der Waals surface area contributed by atoms with Crippen molar-refractivity contribution in [3.05, 3.63) is 32.6 Å². The standard InChI is InChI=1S/C15H22N2O6/c1-2-3-4-5-6-11-7-17(15(22)16-14(11)21)13(10-20)23-12(8-18)9-19/h7-8,10,12-13,19H,2-6,9H2,1H3,(H,16,21,22). The predicted molar refractivity (Wildman–Crippen MR) is 82.3 cm³/mol. The summed E-state index contributed by atoms with van der Waals surface area (Å²) in [6, 6.07) is 0. The molecule has 1 rings (SSSR count). The zero-order valence-corrected chi connectivity index (χ0v) is 13.1. The first-order valence-electron chi connectivity index (χ1n) is 7.58. The van der Waals surface area contributed by atoms with Crippen molar-refractivity contribution in [2.45, 2.75) is 51.4 Å². The van der Waals surface area contributed by atoms with E-state index in [2.05, 4.69) is 11.9 Å². The van der Waals surface area contributed by atoms with E-state index in [4.69, 9.17) is 9.84 Å². The second-order valence-corrected chi connectivity index (χ2v) is 5.15. The highest BCUT2D eigenvalue weighted by Gasteiger charge is 2.19. The minimum absolute atomic E-state index is 0.326. The Labute approximate surface area is 133 Å². The molecule has 1 aromatic rings. The summed E-state index contributed by atoms with van der Waals surface area (Å²) in [5, 5.41) is 8.93. The van der Waals surface area contributed by atoms with Gasteiger partial charge < -0.3 is 14.6 Å². The summed E-state index contributed by atoms with van der Waals surface area (Å²) in [5.74, 6) is 0. The molecule has 128 valence electrons. The van der Waals surface area contributed by atoms with Gasteiger partial charge in [-0.2, -0.15) is 0 Å². The first kappa shape index (κ1) is 19.0. The van der Waals surface area contributed by atoms with Gasteiger partial charge in [-0.05, 0) is 12.8 Å². The van der Waals surface area contributed by atoms with E-state index in [9.17, 15) is 19.2 Å². The molecule has 0 aliphatic heterocycles. The lowest BCUT2D eigenvalue weighted by Crippen LogP contribution is -2.37. The summed E-state index contributed by atoms with van der Waals surface area (Å²) in [6.07, 6.45) is 3.64. The number of carbonyl (C=O) groups is 2. The number of aldehydes is 2. The van der Waals surface area contributed by atoms with Crippen molar-refractivity contribution in [2.75, 3.05) is 6.61 Å². The molecular weight excluding hydrogens is 304 g/mol. The number of aromatic amines is 1. The average Bonchev–Trinajstić information content (AvgIpc) is 2.55. The first-order valence-corrected chi connectivity index (χ1v) is 7.58. The van der Waals surface area contributed by atoms with Crippen molar-refractivity contribution in [3.8, 4) is 0 Å². The molecule has 0 aliphatic rings. The molecule has 23 heavy (non-hydrogen) atoms. The summed E-state index contributed by atoms with van der Waals surface area (Å²) < 4.78 is 5.97. The van der Waals surface area contributed by atoms with Crippen molar-refractivity contribution >= 4 is 12.6 Å². The second kappa shape index (κ2) is 9.86. The van der Waals surface area contributed by atoms with Crippen LogP contribution in [0.1, 0.15) is 44.4 Å². The van der Waals surface area contributed by atoms with Crippen LogP contribution in [0.15, 0.2) is 15.8 Å². The van der Waals surface area contributed by atoms with E-state index in [1.165, 1.54) is 6.20 Å². The Hall–Kier alpha value is -2.06. The first-order chi connectivity index (χ1) is 11.1. The van der Waals surface area contributed by atoms with Crippen LogP contribution in [0.2, 0.25) is 0 Å². The summed E-state index contributed by atoms with van der Waals surface area (Å²) in [4.78, 5) is 47.6. The fourth-order valence-electron chi connectivity index (χ4n) is 2.10. The van der Waals surface area contributed by atoms with E-state index in [1.54, 1.807) is 0 Å². The minimum Gasteiger partial charge on any atom is -0.393 e. The summed E-state index contributed by atoms with van der Waals surface area (Å²) in [7, 11) is 0. The van der Waals surface area contributed by atoms with Gasteiger partial charge in [-0.15, -0.1) is 0 Å². The van der Waals surface area contributed by atoms with Crippen molar-refractivity contribution in [2.24, 2.45) is 0 Å². The van der Waals surface area contributed by atoms with E-state index in [0.717, 1.165) is 30.3 Å². The molecule has 0 saturated heterocycles. The molecule has 0 spiro atoms. The van der Waals surface area contributed by atoms with E-state index < -0.39 is 30.2 Å². The van der Waals surface area contributed by atoms with E-state index >= 15 is 0 Å². The lowest BCUT2D eigenvalue weighted by Gasteiger charge is -2.18. The summed E-state index contributed by atoms with van der Waals surface area (Å²) in [5.41, 5.74) is -0.948. The molecule has 0 radical (unpaired) electrons. The van der Waals surface area contributed by atoms with Crippen LogP contribution in [0.25, 0.3) is 0 Å². The molecule has 8 heteroatoms. The molecule has 2 unspecified atom stereocenters. The number of nitrogens with zero attached hydrogens (tertiary/aromatic N) is 1. The monoisotopic (exact) mass is 326 g/mol. The number of aliphatic hydroxyl groups is 1. The second-order valence-electron chi connectivity index (χ2n) is 5.15. The van der Waals surface area contributed by atoms with Gasteiger partial charge in [0.25, 0.3) is 5.56 Å². The normalized spacial score (nSPS) is 13.5. The number of aromatic nitrogens is 2. The van der Waals surface area contributed by atoms with E-state index in [1.807, 2.05) is 0 Å². The van der Waals surface area contributed by atoms with Crippen LogP contribution in [0.5, 0.6) is 0 Å². The zero-order valence-electron chi connectivity index (χ0n) is 13.1. The Balaban J connectivity index is 2.99. The van der Waals surface area contributed by atoms with Crippen LogP contribution in [-0.2, 0) is 20.7 Å². The Bertz CT molecular complexity index is 621. The minimum atomic E-state index is -1.39. The third kappa shape index (κ3) is 5.57. The van der Waals surface area contributed by atoms with Gasteiger partial charge in [0.05, 0.1) is 6.61 Å². The van der Waals surface area contributed by atoms with Gasteiger partial charge in [0.1, 0.15) is 6.10 Å². The summed E-state index contributed by atoms with van der Waals surface area (Å²) >= 11 is 0. The molecule has 0 bridgehead atoms. The lowest BCUT2D eigenvalue weighted by molar-refractivity contribution is -0.140. The Morgan fingerprint density at radius 2 is 2.00 bits per heavy atom. The fourth-order valence-corrected chi connectivity index (χ4v) is 2.10. The summed E-state index contributed by atoms with van der Waals surface area (Å²) in [6.45, 7) is 1.46. The predicted octanol–water partition coefficient (Wildman–Crippen LogP) is -0.0667. The van der Waals surface area contributed by atoms with Crippen molar-refractivity contribution in [1.82, 2.24) is 9.55 Å². The third-order valence-electron chi connectivity index (χ3n) is 3.38. The number of ether oxygens (including phenoxy) is 1. The number of hydrogen-bond acceptors (Lipinski definition) is 6. The Kier molecular flexibility index (Phi) is 8.14. The van der Waals surface area contributed by atoms with Crippen LogP contribution < -0.4 is 11.2 Å². The molecule has 0 aliphatic carbocycles. The number of aryl methyl sites for hydroxylation is 1. The maximum atomic E-state index is 11.8. The van der Waals surface area contributed by atoms with Crippen LogP contribution in [0, 0.1) is 0 Å². The SMILES string of the molecule is CCCCCCc1cn(C(C=O)OC(C=O)CO)c(=O)[nH]c1=O. The lowest BCUT2D eigenvalue weighted by atomic mass is 10.1. The van der Waals surface area contributed by atoms with Crippen LogP contribution in [0.4, 0.5) is 0 Å². The van der Waals surface area contributed by atoms with E-state index in [-0.39, 0.29) is 0 Å². The van der Waals surface area contributed by atoms with Crippen LogP contribution in [-0.4, -0.2) is 39.9 Å². The van der Waals surface area contributed by atoms with Gasteiger partial charge in [0, 0.05) is 11.8 Å². The highest BCUT2D eigenvalue weighted by atomic mass is 16.5. The maximum Gasteiger partial charge on any atom is 0.330 e. The largest absolute Gasteiger partial charge is 0.393 e. The topological polar surface area (TPSA) is 118 Å². The molecule has 1 heterocycles. The number of unbranched alkanes of at least 4 members (excludes halogenated alkanes) is 3. The molecule has 2 N–H and O–H groups in total. The molecule has 1 aromatic heterocycles. The molecule has 0 fully saturated rings. The van der Waals surface area contributed by atoms with Gasteiger partial charge in [0.15, 0.2) is 18.8 Å². The molecule has 8 nitrogen and oxygen atoms in total. The van der Waals surface area contributed by atoms with Gasteiger partial charge >= 0.3 is 5.69 Å². The molecule has 0 saturated carbocycles. The highest BCUT2D eigenvalue weighted by molar-refractivity contribution is 5.58. The van der Waals surface area contributed by atoms with Gasteiger partial charge in [-0.1, -0.05) is 26.2 Å². The Morgan fingerprint density at radius 3 is 2.57 bits per heavy atom. The fraction of sp³-hybridized carbons (Fsp3) is 0.600. The average molecular weight is 326 g/mol. The Morgan fingerprint density at radius 1 is 1.26 bits per heavy atom. The molecule has 2 atom stereocenters.